The third kappa shape index (κ3) is 2.15. The highest BCUT2D eigenvalue weighted by Crippen LogP contribution is 2.47. The first-order valence-corrected chi connectivity index (χ1v) is 12.0. The van der Waals surface area contributed by atoms with Crippen molar-refractivity contribution >= 4 is 38.6 Å². The monoisotopic (exact) mass is 446 g/mol. The van der Waals surface area contributed by atoms with Crippen molar-refractivity contribution in [3.8, 4) is 22.3 Å². The number of fused-ring (bicyclic) bond motifs is 15. The molecular formula is C31H18N4. The summed E-state index contributed by atoms with van der Waals surface area (Å²) in [6.45, 7) is 0. The molecule has 0 amide bonds. The van der Waals surface area contributed by atoms with E-state index in [1.807, 2.05) is 18.3 Å². The molecule has 0 radical (unpaired) electrons. The van der Waals surface area contributed by atoms with Gasteiger partial charge in [0.2, 0.25) is 0 Å². The molecule has 4 aromatic heterocycles. The molecule has 3 aromatic carbocycles. The first kappa shape index (κ1) is 17.8. The minimum Gasteiger partial charge on any atom is -0.274 e. The predicted octanol–water partition coefficient (Wildman–Crippen LogP) is 6.73. The van der Waals surface area contributed by atoms with Gasteiger partial charge in [0.1, 0.15) is 11.3 Å². The van der Waals surface area contributed by atoms with Crippen molar-refractivity contribution in [2.45, 2.75) is 12.8 Å². The van der Waals surface area contributed by atoms with Gasteiger partial charge in [-0.05, 0) is 93.7 Å². The zero-order valence-electron chi connectivity index (χ0n) is 18.8. The van der Waals surface area contributed by atoms with Crippen LogP contribution in [0.2, 0.25) is 0 Å². The van der Waals surface area contributed by atoms with Crippen molar-refractivity contribution < 1.29 is 0 Å². The summed E-state index contributed by atoms with van der Waals surface area (Å²) < 4.78 is 2.17. The van der Waals surface area contributed by atoms with Gasteiger partial charge in [0.15, 0.2) is 5.65 Å². The van der Waals surface area contributed by atoms with Gasteiger partial charge in [-0.15, -0.1) is 0 Å². The Balaban J connectivity index is 1.40. The molecule has 0 fully saturated rings. The standard InChI is InChI=1S/C31H18N4/c1-2-6-20-17(5-1)13-18-14-19-15-26-21(25(19)16-24(18)20)9-10-23-28(26)22-7-3-12-33-30(22)35-27-8-4-11-32-29(27)34-31(23)35/h1-12,14,16H,13,15H2. The van der Waals surface area contributed by atoms with Crippen molar-refractivity contribution in [3.63, 3.8) is 0 Å². The van der Waals surface area contributed by atoms with E-state index in [1.165, 1.54) is 55.3 Å². The maximum atomic E-state index is 4.96. The fourth-order valence-electron chi connectivity index (χ4n) is 6.48. The van der Waals surface area contributed by atoms with Crippen molar-refractivity contribution in [1.29, 1.82) is 0 Å². The minimum absolute atomic E-state index is 0.755. The lowest BCUT2D eigenvalue weighted by molar-refractivity contribution is 1.21. The van der Waals surface area contributed by atoms with Gasteiger partial charge >= 0.3 is 0 Å². The largest absolute Gasteiger partial charge is 0.274 e. The average Bonchev–Trinajstić information content (AvgIpc) is 3.58. The normalized spacial score (nSPS) is 13.5. The maximum Gasteiger partial charge on any atom is 0.178 e. The molecule has 2 aliphatic carbocycles. The Labute approximate surface area is 200 Å². The lowest BCUT2D eigenvalue weighted by Crippen LogP contribution is -1.96. The summed E-state index contributed by atoms with van der Waals surface area (Å²) in [7, 11) is 0. The van der Waals surface area contributed by atoms with Gasteiger partial charge in [0.05, 0.1) is 5.52 Å². The number of pyridine rings is 3. The van der Waals surface area contributed by atoms with Gasteiger partial charge < -0.3 is 0 Å². The number of nitrogens with zero attached hydrogens (tertiary/aromatic N) is 4. The van der Waals surface area contributed by atoms with E-state index >= 15 is 0 Å². The molecule has 0 spiro atoms. The lowest BCUT2D eigenvalue weighted by atomic mass is 9.96. The third-order valence-corrected chi connectivity index (χ3v) is 7.93. The SMILES string of the molecule is c1ccc2c(c1)Cc1cc3c(cc1-2)-c1ccc2c(c1C3)c1cccnc1n1c3cccnc3nc21. The fourth-order valence-corrected chi connectivity index (χ4v) is 6.48. The Morgan fingerprint density at radius 2 is 1.43 bits per heavy atom. The van der Waals surface area contributed by atoms with Crippen LogP contribution in [0.15, 0.2) is 85.2 Å². The maximum absolute atomic E-state index is 4.96. The number of hydrogen-bond donors (Lipinski definition) is 0. The summed E-state index contributed by atoms with van der Waals surface area (Å²) in [4.78, 5) is 14.3. The fraction of sp³-hybridized carbons (Fsp3) is 0.0645. The molecule has 9 rings (SSSR count). The van der Waals surface area contributed by atoms with E-state index in [4.69, 9.17) is 9.97 Å². The molecule has 162 valence electrons. The van der Waals surface area contributed by atoms with E-state index in [0.29, 0.717) is 0 Å². The molecule has 0 saturated heterocycles. The molecule has 2 aliphatic rings. The van der Waals surface area contributed by atoms with Gasteiger partial charge in [0.25, 0.3) is 0 Å². The first-order valence-electron chi connectivity index (χ1n) is 12.0. The van der Waals surface area contributed by atoms with Crippen LogP contribution in [0.1, 0.15) is 22.3 Å². The molecule has 7 aromatic rings. The van der Waals surface area contributed by atoms with E-state index in [-0.39, 0.29) is 0 Å². The summed E-state index contributed by atoms with van der Waals surface area (Å²) in [5.41, 5.74) is 14.8. The van der Waals surface area contributed by atoms with Gasteiger partial charge in [-0.3, -0.25) is 4.40 Å². The second kappa shape index (κ2) is 6.10. The molecule has 4 heteroatoms. The summed E-state index contributed by atoms with van der Waals surface area (Å²) >= 11 is 0. The molecule has 4 heterocycles. The Hall–Kier alpha value is -4.57. The number of imidazole rings is 1. The van der Waals surface area contributed by atoms with E-state index in [9.17, 15) is 0 Å². The number of benzene rings is 3. The Morgan fingerprint density at radius 3 is 2.43 bits per heavy atom. The van der Waals surface area contributed by atoms with Gasteiger partial charge in [-0.25, -0.2) is 15.0 Å². The van der Waals surface area contributed by atoms with Crippen LogP contribution in [0.3, 0.4) is 0 Å². The first-order chi connectivity index (χ1) is 17.3. The van der Waals surface area contributed by atoms with E-state index in [0.717, 1.165) is 40.7 Å². The average molecular weight is 447 g/mol. The van der Waals surface area contributed by atoms with Crippen LogP contribution < -0.4 is 0 Å². The molecule has 0 aliphatic heterocycles. The van der Waals surface area contributed by atoms with Gasteiger partial charge in [-0.1, -0.05) is 36.4 Å². The molecular weight excluding hydrogens is 428 g/mol. The zero-order valence-corrected chi connectivity index (χ0v) is 18.8. The summed E-state index contributed by atoms with van der Waals surface area (Å²) in [5.74, 6) is 0. The predicted molar refractivity (Wildman–Crippen MR) is 140 cm³/mol. The highest BCUT2D eigenvalue weighted by molar-refractivity contribution is 6.16. The van der Waals surface area contributed by atoms with Crippen LogP contribution in [0, 0.1) is 0 Å². The van der Waals surface area contributed by atoms with Crippen LogP contribution in [-0.4, -0.2) is 19.4 Å². The molecule has 0 bridgehead atoms. The van der Waals surface area contributed by atoms with Crippen LogP contribution in [-0.2, 0) is 12.8 Å². The second-order valence-electron chi connectivity index (χ2n) is 9.68. The van der Waals surface area contributed by atoms with Crippen LogP contribution >= 0.6 is 0 Å². The molecule has 0 atom stereocenters. The third-order valence-electron chi connectivity index (χ3n) is 7.93. The number of aromatic nitrogens is 4. The number of rotatable bonds is 0. The molecule has 4 nitrogen and oxygen atoms in total. The highest BCUT2D eigenvalue weighted by atomic mass is 15.1. The van der Waals surface area contributed by atoms with E-state index in [2.05, 4.69) is 70.0 Å². The summed E-state index contributed by atoms with van der Waals surface area (Å²) in [6, 6.07) is 26.5. The van der Waals surface area contributed by atoms with Gasteiger partial charge in [-0.2, -0.15) is 0 Å². The topological polar surface area (TPSA) is 43.1 Å². The Bertz CT molecular complexity index is 2070. The van der Waals surface area contributed by atoms with Gasteiger partial charge in [0, 0.05) is 28.6 Å². The van der Waals surface area contributed by atoms with Crippen LogP contribution in [0.25, 0.3) is 60.9 Å². The van der Waals surface area contributed by atoms with E-state index < -0.39 is 0 Å². The summed E-state index contributed by atoms with van der Waals surface area (Å²) in [5, 5.41) is 3.60. The summed E-state index contributed by atoms with van der Waals surface area (Å²) in [6.07, 6.45) is 5.63. The smallest absolute Gasteiger partial charge is 0.178 e. The molecule has 35 heavy (non-hydrogen) atoms. The lowest BCUT2D eigenvalue weighted by Gasteiger charge is -2.12. The van der Waals surface area contributed by atoms with Crippen molar-refractivity contribution in [1.82, 2.24) is 19.4 Å². The van der Waals surface area contributed by atoms with Crippen molar-refractivity contribution in [3.05, 3.63) is 107 Å². The number of hydrogen-bond acceptors (Lipinski definition) is 3. The van der Waals surface area contributed by atoms with Crippen molar-refractivity contribution in [2.24, 2.45) is 0 Å². The molecule has 0 unspecified atom stereocenters. The van der Waals surface area contributed by atoms with Crippen LogP contribution in [0.4, 0.5) is 0 Å². The van der Waals surface area contributed by atoms with E-state index in [1.54, 1.807) is 6.20 Å². The van der Waals surface area contributed by atoms with Crippen molar-refractivity contribution in [2.75, 3.05) is 0 Å². The zero-order chi connectivity index (χ0) is 22.7. The van der Waals surface area contributed by atoms with Crippen LogP contribution in [0.5, 0.6) is 0 Å². The Kier molecular flexibility index (Phi) is 3.11. The molecule has 0 N–H and O–H groups in total. The quantitative estimate of drug-likeness (QED) is 0.243. The second-order valence-corrected chi connectivity index (χ2v) is 9.68. The highest BCUT2D eigenvalue weighted by Gasteiger charge is 2.28. The molecule has 0 saturated carbocycles. The minimum atomic E-state index is 0.755. The Morgan fingerprint density at radius 1 is 0.600 bits per heavy atom.